The maximum atomic E-state index is 12.1. The number of carbonyl (C=O) groups is 3. The lowest BCUT2D eigenvalue weighted by molar-refractivity contribution is -0.126. The van der Waals surface area contributed by atoms with Gasteiger partial charge in [-0.3, -0.25) is 23.9 Å². The molecule has 2 aromatic rings. The lowest BCUT2D eigenvalue weighted by atomic mass is 10.2. The minimum atomic E-state index is -0.418. The highest BCUT2D eigenvalue weighted by Gasteiger charge is 2.33. The van der Waals surface area contributed by atoms with Crippen LogP contribution in [0.4, 0.5) is 0 Å². The molecule has 0 spiro atoms. The van der Waals surface area contributed by atoms with Gasteiger partial charge in [0.2, 0.25) is 5.91 Å². The van der Waals surface area contributed by atoms with E-state index in [0.717, 1.165) is 10.3 Å². The highest BCUT2D eigenvalue weighted by Crippen LogP contribution is 2.23. The van der Waals surface area contributed by atoms with E-state index in [1.807, 2.05) is 18.2 Å². The van der Waals surface area contributed by atoms with Gasteiger partial charge in [0.1, 0.15) is 12.2 Å². The van der Waals surface area contributed by atoms with E-state index < -0.39 is 11.8 Å². The monoisotopic (exact) mass is 242 g/mol. The van der Waals surface area contributed by atoms with Gasteiger partial charge in [0, 0.05) is 12.3 Å². The van der Waals surface area contributed by atoms with Crippen LogP contribution in [0, 0.1) is 0 Å². The summed E-state index contributed by atoms with van der Waals surface area (Å²) in [6, 6.07) is 8.91. The molecular formula is C13H10N2O3. The van der Waals surface area contributed by atoms with Crippen LogP contribution >= 0.6 is 0 Å². The lowest BCUT2D eigenvalue weighted by Gasteiger charge is -2.24. The predicted molar refractivity (Wildman–Crippen MR) is 64.3 cm³/mol. The SMILES string of the molecule is CC(=O)N1CC(=O)n2c(cc3ccccc32)C1=O. The first-order valence-electron chi connectivity index (χ1n) is 5.55. The molecule has 2 amide bonds. The molecule has 0 bridgehead atoms. The molecule has 1 aromatic heterocycles. The molecular weight excluding hydrogens is 232 g/mol. The Hall–Kier alpha value is -2.43. The number of para-hydroxylation sites is 1. The van der Waals surface area contributed by atoms with E-state index in [0.29, 0.717) is 5.52 Å². The van der Waals surface area contributed by atoms with E-state index in [1.165, 1.54) is 11.5 Å². The fourth-order valence-electron chi connectivity index (χ4n) is 2.25. The van der Waals surface area contributed by atoms with E-state index in [-0.39, 0.29) is 18.1 Å². The summed E-state index contributed by atoms with van der Waals surface area (Å²) in [6.07, 6.45) is 0. The van der Waals surface area contributed by atoms with Gasteiger partial charge in [0.25, 0.3) is 11.8 Å². The second-order valence-corrected chi connectivity index (χ2v) is 4.23. The van der Waals surface area contributed by atoms with Crippen LogP contribution < -0.4 is 0 Å². The number of hydrogen-bond donors (Lipinski definition) is 0. The Balaban J connectivity index is 2.28. The van der Waals surface area contributed by atoms with Crippen LogP contribution in [0.2, 0.25) is 0 Å². The van der Waals surface area contributed by atoms with Crippen molar-refractivity contribution in [3.05, 3.63) is 36.0 Å². The van der Waals surface area contributed by atoms with Crippen LogP contribution in [-0.2, 0) is 4.79 Å². The molecule has 0 saturated carbocycles. The van der Waals surface area contributed by atoms with Gasteiger partial charge in [-0.05, 0) is 12.1 Å². The maximum absolute atomic E-state index is 12.1. The second kappa shape index (κ2) is 3.53. The Labute approximate surface area is 103 Å². The number of carbonyl (C=O) groups excluding carboxylic acids is 3. The molecule has 0 radical (unpaired) electrons. The molecule has 90 valence electrons. The van der Waals surface area contributed by atoms with Gasteiger partial charge < -0.3 is 0 Å². The van der Waals surface area contributed by atoms with Crippen molar-refractivity contribution in [3.8, 4) is 0 Å². The molecule has 5 nitrogen and oxygen atoms in total. The van der Waals surface area contributed by atoms with Crippen molar-refractivity contribution in [2.75, 3.05) is 6.54 Å². The van der Waals surface area contributed by atoms with Gasteiger partial charge in [-0.2, -0.15) is 0 Å². The summed E-state index contributed by atoms with van der Waals surface area (Å²) in [7, 11) is 0. The summed E-state index contributed by atoms with van der Waals surface area (Å²) < 4.78 is 1.39. The van der Waals surface area contributed by atoms with E-state index >= 15 is 0 Å². The summed E-state index contributed by atoms with van der Waals surface area (Å²) in [6.45, 7) is 1.09. The maximum Gasteiger partial charge on any atom is 0.278 e. The van der Waals surface area contributed by atoms with Gasteiger partial charge in [0.15, 0.2) is 0 Å². The van der Waals surface area contributed by atoms with Crippen molar-refractivity contribution in [2.24, 2.45) is 0 Å². The number of nitrogens with zero attached hydrogens (tertiary/aromatic N) is 2. The first kappa shape index (κ1) is 10.7. The normalized spacial score (nSPS) is 15.1. The van der Waals surface area contributed by atoms with Gasteiger partial charge >= 0.3 is 0 Å². The zero-order valence-electron chi connectivity index (χ0n) is 9.71. The zero-order valence-corrected chi connectivity index (χ0v) is 9.71. The number of fused-ring (bicyclic) bond motifs is 3. The Morgan fingerprint density at radius 3 is 2.67 bits per heavy atom. The summed E-state index contributed by atoms with van der Waals surface area (Å²) in [4.78, 5) is 36.4. The smallest absolute Gasteiger partial charge is 0.275 e. The molecule has 0 aliphatic carbocycles. The van der Waals surface area contributed by atoms with Gasteiger partial charge in [0.05, 0.1) is 5.52 Å². The number of hydrogen-bond acceptors (Lipinski definition) is 3. The molecule has 0 N–H and O–H groups in total. The van der Waals surface area contributed by atoms with Crippen LogP contribution in [0.5, 0.6) is 0 Å². The fraction of sp³-hybridized carbons (Fsp3) is 0.154. The van der Waals surface area contributed by atoms with Crippen LogP contribution in [0.1, 0.15) is 22.2 Å². The summed E-state index contributed by atoms with van der Waals surface area (Å²) in [5.74, 6) is -1.09. The minimum absolute atomic E-state index is 0.195. The standard InChI is InChI=1S/C13H10N2O3/c1-8(16)14-7-12(17)15-10-5-3-2-4-9(10)6-11(15)13(14)18/h2-6H,7H2,1H3. The molecule has 0 atom stereocenters. The Bertz CT molecular complexity index is 699. The second-order valence-electron chi connectivity index (χ2n) is 4.23. The first-order chi connectivity index (χ1) is 8.59. The molecule has 1 aromatic carbocycles. The highest BCUT2D eigenvalue weighted by atomic mass is 16.2. The van der Waals surface area contributed by atoms with Crippen LogP contribution in [0.3, 0.4) is 0 Å². The van der Waals surface area contributed by atoms with Gasteiger partial charge in [-0.25, -0.2) is 0 Å². The summed E-state index contributed by atoms with van der Waals surface area (Å²) >= 11 is 0. The van der Waals surface area contributed by atoms with Gasteiger partial charge in [-0.1, -0.05) is 18.2 Å². The average Bonchev–Trinajstić information content (AvgIpc) is 2.73. The summed E-state index contributed by atoms with van der Waals surface area (Å²) in [5, 5.41) is 0.819. The van der Waals surface area contributed by atoms with Gasteiger partial charge in [-0.15, -0.1) is 0 Å². The van der Waals surface area contributed by atoms with Crippen LogP contribution in [0.15, 0.2) is 30.3 Å². The third-order valence-corrected chi connectivity index (χ3v) is 3.10. The zero-order chi connectivity index (χ0) is 12.9. The van der Waals surface area contributed by atoms with Crippen molar-refractivity contribution in [1.29, 1.82) is 0 Å². The van der Waals surface area contributed by atoms with E-state index in [4.69, 9.17) is 0 Å². The number of imide groups is 1. The molecule has 0 fully saturated rings. The largest absolute Gasteiger partial charge is 0.278 e. The molecule has 5 heteroatoms. The molecule has 3 rings (SSSR count). The number of amides is 2. The Morgan fingerprint density at radius 1 is 1.22 bits per heavy atom. The molecule has 0 saturated heterocycles. The summed E-state index contributed by atoms with van der Waals surface area (Å²) in [5.41, 5.74) is 0.955. The Kier molecular flexibility index (Phi) is 2.10. The molecule has 18 heavy (non-hydrogen) atoms. The van der Waals surface area contributed by atoms with E-state index in [1.54, 1.807) is 12.1 Å². The number of rotatable bonds is 0. The van der Waals surface area contributed by atoms with Crippen molar-refractivity contribution in [1.82, 2.24) is 9.47 Å². The van der Waals surface area contributed by atoms with Crippen LogP contribution in [-0.4, -0.2) is 33.7 Å². The quantitative estimate of drug-likeness (QED) is 0.699. The first-order valence-corrected chi connectivity index (χ1v) is 5.55. The van der Waals surface area contributed by atoms with E-state index in [2.05, 4.69) is 0 Å². The molecule has 0 unspecified atom stereocenters. The fourth-order valence-corrected chi connectivity index (χ4v) is 2.25. The van der Waals surface area contributed by atoms with E-state index in [9.17, 15) is 14.4 Å². The minimum Gasteiger partial charge on any atom is -0.275 e. The van der Waals surface area contributed by atoms with Crippen LogP contribution in [0.25, 0.3) is 10.9 Å². The topological polar surface area (TPSA) is 59.4 Å². The third kappa shape index (κ3) is 1.30. The lowest BCUT2D eigenvalue weighted by Crippen LogP contribution is -2.46. The van der Waals surface area contributed by atoms with Crippen molar-refractivity contribution >= 4 is 28.6 Å². The highest BCUT2D eigenvalue weighted by molar-refractivity contribution is 6.14. The number of aromatic nitrogens is 1. The average molecular weight is 242 g/mol. The number of benzene rings is 1. The van der Waals surface area contributed by atoms with Crippen molar-refractivity contribution in [3.63, 3.8) is 0 Å². The van der Waals surface area contributed by atoms with Crippen molar-refractivity contribution < 1.29 is 14.4 Å². The van der Waals surface area contributed by atoms with Crippen molar-refractivity contribution in [2.45, 2.75) is 6.92 Å². The molecule has 1 aliphatic heterocycles. The molecule has 1 aliphatic rings. The molecule has 2 heterocycles. The Morgan fingerprint density at radius 2 is 1.94 bits per heavy atom. The predicted octanol–water partition coefficient (Wildman–Crippen LogP) is 1.28. The third-order valence-electron chi connectivity index (χ3n) is 3.10.